The Labute approximate surface area is 175 Å². The van der Waals surface area contributed by atoms with Gasteiger partial charge in [0.05, 0.1) is 5.69 Å². The number of carbonyl (C=O) groups is 2. The van der Waals surface area contributed by atoms with E-state index in [4.69, 9.17) is 4.42 Å². The predicted molar refractivity (Wildman–Crippen MR) is 103 cm³/mol. The molecule has 2 aromatic heterocycles. The fraction of sp³-hybridized carbons (Fsp3) is 0.300. The number of hydrogen-bond donors (Lipinski definition) is 1. The van der Waals surface area contributed by atoms with E-state index >= 15 is 0 Å². The van der Waals surface area contributed by atoms with Crippen molar-refractivity contribution in [2.45, 2.75) is 31.2 Å². The highest BCUT2D eigenvalue weighted by Gasteiger charge is 2.41. The van der Waals surface area contributed by atoms with Crippen LogP contribution in [0, 0.1) is 0 Å². The molecule has 4 rings (SSSR count). The minimum absolute atomic E-state index is 0.191. The Bertz CT molecular complexity index is 1120. The number of halogens is 2. The van der Waals surface area contributed by atoms with E-state index in [2.05, 4.69) is 25.5 Å². The van der Waals surface area contributed by atoms with Crippen LogP contribution >= 0.6 is 0 Å². The van der Waals surface area contributed by atoms with Gasteiger partial charge in [-0.05, 0) is 6.42 Å². The van der Waals surface area contributed by atoms with Gasteiger partial charge >= 0.3 is 17.7 Å². The first-order valence-corrected chi connectivity index (χ1v) is 9.45. The molecular formula is C20H18F2N6O3. The van der Waals surface area contributed by atoms with Gasteiger partial charge in [-0.2, -0.15) is 8.78 Å². The number of nitrogens with zero attached hydrogens (tertiary/aromatic N) is 5. The summed E-state index contributed by atoms with van der Waals surface area (Å²) in [6, 6.07) is 5.97. The fourth-order valence-corrected chi connectivity index (χ4v) is 3.41. The van der Waals surface area contributed by atoms with E-state index < -0.39 is 35.6 Å². The van der Waals surface area contributed by atoms with Crippen molar-refractivity contribution in [2.24, 2.45) is 0 Å². The number of rotatable bonds is 4. The smallest absolute Gasteiger partial charge is 0.349 e. The lowest BCUT2D eigenvalue weighted by Crippen LogP contribution is -2.47. The zero-order valence-corrected chi connectivity index (χ0v) is 16.6. The number of hydrogen-bond acceptors (Lipinski definition) is 7. The first-order chi connectivity index (χ1) is 14.8. The molecule has 0 aliphatic carbocycles. The van der Waals surface area contributed by atoms with Crippen LogP contribution in [0.4, 0.5) is 14.6 Å². The molecule has 11 heteroatoms. The highest BCUT2D eigenvalue weighted by atomic mass is 19.3. The van der Waals surface area contributed by atoms with Gasteiger partial charge in [0.1, 0.15) is 6.04 Å². The van der Waals surface area contributed by atoms with Gasteiger partial charge in [0.2, 0.25) is 0 Å². The molecule has 160 valence electrons. The molecule has 1 aliphatic rings. The molecule has 2 atom stereocenters. The van der Waals surface area contributed by atoms with Crippen molar-refractivity contribution >= 4 is 17.6 Å². The second-order valence-electron chi connectivity index (χ2n) is 7.18. The van der Waals surface area contributed by atoms with Crippen molar-refractivity contribution in [2.75, 3.05) is 11.9 Å². The van der Waals surface area contributed by atoms with Gasteiger partial charge in [-0.25, -0.2) is 4.98 Å². The topological polar surface area (TPSA) is 114 Å². The van der Waals surface area contributed by atoms with E-state index in [1.807, 2.05) is 6.92 Å². The van der Waals surface area contributed by atoms with Gasteiger partial charge in [-0.1, -0.05) is 37.3 Å². The maximum atomic E-state index is 14.6. The van der Waals surface area contributed by atoms with Crippen LogP contribution in [0.1, 0.15) is 47.1 Å². The summed E-state index contributed by atoms with van der Waals surface area (Å²) in [6.45, 7) is 1.85. The Morgan fingerprint density at radius 1 is 1.19 bits per heavy atom. The molecule has 1 aromatic carbocycles. The van der Waals surface area contributed by atoms with E-state index in [1.54, 1.807) is 6.07 Å². The maximum absolute atomic E-state index is 14.6. The molecule has 0 radical (unpaired) electrons. The quantitative estimate of drug-likeness (QED) is 0.678. The summed E-state index contributed by atoms with van der Waals surface area (Å²) in [7, 11) is 1.53. The summed E-state index contributed by atoms with van der Waals surface area (Å²) >= 11 is 0. The molecule has 1 N–H and O–H groups in total. The van der Waals surface area contributed by atoms with Crippen molar-refractivity contribution in [1.82, 2.24) is 25.5 Å². The number of likely N-dealkylation sites (N-methyl/N-ethyl adjacent to an activating group) is 1. The number of anilines is 1. The summed E-state index contributed by atoms with van der Waals surface area (Å²) in [4.78, 5) is 35.2. The number of fused-ring (bicyclic) bond motifs is 1. The van der Waals surface area contributed by atoms with E-state index in [-0.39, 0.29) is 17.9 Å². The normalized spacial score (nSPS) is 19.0. The largest absolute Gasteiger partial charge is 0.411 e. The monoisotopic (exact) mass is 428 g/mol. The van der Waals surface area contributed by atoms with Gasteiger partial charge < -0.3 is 9.73 Å². The average molecular weight is 428 g/mol. The molecule has 0 bridgehead atoms. The Balaban J connectivity index is 1.54. The van der Waals surface area contributed by atoms with Gasteiger partial charge in [-0.15, -0.1) is 10.2 Å². The third kappa shape index (κ3) is 3.74. The number of aromatic nitrogens is 4. The van der Waals surface area contributed by atoms with Gasteiger partial charge in [0, 0.05) is 30.9 Å². The molecule has 0 unspecified atom stereocenters. The minimum Gasteiger partial charge on any atom is -0.411 e. The standard InChI is InChI=1S/C20H18F2N6O3/c1-11-10-13(18(30)28(2)15-14(11)23-8-9-24-15)25-16(29)17-26-27-19(31-17)20(21,22)12-6-4-3-5-7-12/h3-9,11,13H,10H2,1-2H3,(H,25,29)/t11-,13-/m0/s1. The van der Waals surface area contributed by atoms with Crippen LogP contribution in [-0.4, -0.2) is 45.1 Å². The van der Waals surface area contributed by atoms with E-state index in [1.165, 1.54) is 48.6 Å². The highest BCUT2D eigenvalue weighted by Crippen LogP contribution is 2.34. The number of nitrogens with one attached hydrogen (secondary N) is 1. The maximum Gasteiger partial charge on any atom is 0.349 e. The summed E-state index contributed by atoms with van der Waals surface area (Å²) in [6.07, 6.45) is 3.24. The first kappa shape index (κ1) is 20.5. The van der Waals surface area contributed by atoms with Gasteiger partial charge in [0.15, 0.2) is 5.82 Å². The fourth-order valence-electron chi connectivity index (χ4n) is 3.41. The van der Waals surface area contributed by atoms with Gasteiger partial charge in [0.25, 0.3) is 11.8 Å². The highest BCUT2D eigenvalue weighted by molar-refractivity contribution is 6.01. The lowest BCUT2D eigenvalue weighted by Gasteiger charge is -2.20. The van der Waals surface area contributed by atoms with Gasteiger partial charge in [-0.3, -0.25) is 19.5 Å². The average Bonchev–Trinajstić information content (AvgIpc) is 3.27. The van der Waals surface area contributed by atoms with Crippen LogP contribution in [0.3, 0.4) is 0 Å². The molecule has 3 heterocycles. The third-order valence-electron chi connectivity index (χ3n) is 5.04. The molecule has 1 aliphatic heterocycles. The minimum atomic E-state index is -3.57. The third-order valence-corrected chi connectivity index (χ3v) is 5.04. The van der Waals surface area contributed by atoms with Crippen LogP contribution < -0.4 is 10.2 Å². The Hall–Kier alpha value is -3.76. The van der Waals surface area contributed by atoms with Crippen LogP contribution in [0.15, 0.2) is 47.1 Å². The molecule has 31 heavy (non-hydrogen) atoms. The molecule has 2 amide bonds. The SMILES string of the molecule is C[C@H]1C[C@H](NC(=O)c2nnc(C(F)(F)c3ccccc3)o2)C(=O)N(C)c2nccnc21. The van der Waals surface area contributed by atoms with Crippen molar-refractivity contribution in [1.29, 1.82) is 0 Å². The first-order valence-electron chi connectivity index (χ1n) is 9.45. The molecule has 0 saturated heterocycles. The Kier molecular flexibility index (Phi) is 5.17. The predicted octanol–water partition coefficient (Wildman–Crippen LogP) is 2.27. The molecule has 0 spiro atoms. The Morgan fingerprint density at radius 3 is 2.65 bits per heavy atom. The second-order valence-corrected chi connectivity index (χ2v) is 7.18. The zero-order valence-electron chi connectivity index (χ0n) is 16.6. The Morgan fingerprint density at radius 2 is 1.90 bits per heavy atom. The van der Waals surface area contributed by atoms with Crippen molar-refractivity contribution in [3.63, 3.8) is 0 Å². The van der Waals surface area contributed by atoms with E-state index in [0.29, 0.717) is 11.5 Å². The number of amides is 2. The summed E-state index contributed by atoms with van der Waals surface area (Å²) in [5, 5.41) is 9.27. The van der Waals surface area contributed by atoms with E-state index in [9.17, 15) is 18.4 Å². The van der Waals surface area contributed by atoms with E-state index in [0.717, 1.165) is 0 Å². The van der Waals surface area contributed by atoms with Crippen LogP contribution in [0.2, 0.25) is 0 Å². The lowest BCUT2D eigenvalue weighted by molar-refractivity contribution is -0.120. The lowest BCUT2D eigenvalue weighted by atomic mass is 9.99. The molecule has 0 saturated carbocycles. The van der Waals surface area contributed by atoms with Crippen molar-refractivity contribution in [3.05, 3.63) is 65.8 Å². The molecule has 9 nitrogen and oxygen atoms in total. The number of carbonyl (C=O) groups excluding carboxylic acids is 2. The summed E-state index contributed by atoms with van der Waals surface area (Å²) in [5.74, 6) is -6.38. The summed E-state index contributed by atoms with van der Waals surface area (Å²) < 4.78 is 34.1. The van der Waals surface area contributed by atoms with Crippen molar-refractivity contribution in [3.8, 4) is 0 Å². The number of benzene rings is 1. The molecular weight excluding hydrogens is 410 g/mol. The molecule has 3 aromatic rings. The van der Waals surface area contributed by atoms with Crippen LogP contribution in [-0.2, 0) is 10.7 Å². The molecule has 0 fully saturated rings. The van der Waals surface area contributed by atoms with Crippen LogP contribution in [0.5, 0.6) is 0 Å². The second kappa shape index (κ2) is 7.82. The summed E-state index contributed by atoms with van der Waals surface area (Å²) in [5.41, 5.74) is 0.274. The van der Waals surface area contributed by atoms with Crippen LogP contribution in [0.25, 0.3) is 0 Å². The number of alkyl halides is 2. The zero-order chi connectivity index (χ0) is 22.2. The van der Waals surface area contributed by atoms with Crippen molar-refractivity contribution < 1.29 is 22.8 Å².